The van der Waals surface area contributed by atoms with Crippen LogP contribution in [0.2, 0.25) is 0 Å². The number of likely N-dealkylation sites (N-methyl/N-ethyl adjacent to an activating group) is 1. The number of piperidine rings is 1. The van der Waals surface area contributed by atoms with Gasteiger partial charge in [0.15, 0.2) is 5.57 Å². The Labute approximate surface area is 114 Å². The Morgan fingerprint density at radius 3 is 2.79 bits per heavy atom. The van der Waals surface area contributed by atoms with Crippen LogP contribution in [-0.2, 0) is 9.53 Å². The lowest BCUT2D eigenvalue weighted by Gasteiger charge is -2.31. The van der Waals surface area contributed by atoms with Crippen LogP contribution in [0, 0.1) is 11.3 Å². The molecule has 0 atom stereocenters. The minimum Gasteiger partial charge on any atom is -0.462 e. The smallest absolute Gasteiger partial charge is 0.351 e. The van der Waals surface area contributed by atoms with Crippen molar-refractivity contribution >= 4 is 5.97 Å². The molecule has 0 amide bonds. The summed E-state index contributed by atoms with van der Waals surface area (Å²) < 4.78 is 4.96. The second-order valence-electron chi connectivity index (χ2n) is 4.70. The largest absolute Gasteiger partial charge is 0.462 e. The maximum Gasteiger partial charge on any atom is 0.351 e. The number of allylic oxidation sites excluding steroid dienone is 1. The van der Waals surface area contributed by atoms with Crippen molar-refractivity contribution in [1.82, 2.24) is 9.80 Å². The van der Waals surface area contributed by atoms with Gasteiger partial charge in [-0.15, -0.1) is 0 Å². The molecule has 1 rings (SSSR count). The molecule has 0 N–H and O–H groups in total. The predicted molar refractivity (Wildman–Crippen MR) is 72.9 cm³/mol. The van der Waals surface area contributed by atoms with E-state index >= 15 is 0 Å². The van der Waals surface area contributed by atoms with Gasteiger partial charge in [0.25, 0.3) is 0 Å². The monoisotopic (exact) mass is 263 g/mol. The van der Waals surface area contributed by atoms with Crippen molar-refractivity contribution in [3.05, 3.63) is 23.0 Å². The van der Waals surface area contributed by atoms with E-state index in [2.05, 4.69) is 0 Å². The van der Waals surface area contributed by atoms with Gasteiger partial charge in [-0.25, -0.2) is 4.79 Å². The second-order valence-corrected chi connectivity index (χ2v) is 4.70. The Morgan fingerprint density at radius 2 is 2.26 bits per heavy atom. The summed E-state index contributed by atoms with van der Waals surface area (Å²) in [5, 5.41) is 9.27. The van der Waals surface area contributed by atoms with Gasteiger partial charge in [-0.3, -0.25) is 0 Å². The third-order valence-corrected chi connectivity index (χ3v) is 2.87. The highest BCUT2D eigenvalue weighted by atomic mass is 16.5. The third kappa shape index (κ3) is 3.75. The first-order valence-corrected chi connectivity index (χ1v) is 6.41. The summed E-state index contributed by atoms with van der Waals surface area (Å²) in [4.78, 5) is 15.8. The molecule has 0 aromatic heterocycles. The fourth-order valence-electron chi connectivity index (χ4n) is 2.17. The molecule has 1 fully saturated rings. The maximum absolute atomic E-state index is 11.9. The molecule has 0 radical (unpaired) electrons. The first-order valence-electron chi connectivity index (χ1n) is 6.41. The van der Waals surface area contributed by atoms with Crippen LogP contribution in [0.15, 0.2) is 23.0 Å². The molecule has 0 saturated carbocycles. The highest BCUT2D eigenvalue weighted by Crippen LogP contribution is 2.28. The van der Waals surface area contributed by atoms with Gasteiger partial charge in [-0.2, -0.15) is 5.26 Å². The van der Waals surface area contributed by atoms with Crippen LogP contribution in [0.4, 0.5) is 0 Å². The number of esters is 1. The van der Waals surface area contributed by atoms with Crippen LogP contribution in [0.3, 0.4) is 0 Å². The van der Waals surface area contributed by atoms with Gasteiger partial charge in [-0.05, 0) is 25.3 Å². The molecule has 104 valence electrons. The first kappa shape index (κ1) is 15.1. The topological polar surface area (TPSA) is 56.6 Å². The molecule has 1 aliphatic rings. The molecule has 0 unspecified atom stereocenters. The maximum atomic E-state index is 11.9. The zero-order valence-corrected chi connectivity index (χ0v) is 12.1. The number of carbonyl (C=O) groups is 1. The number of carbonyl (C=O) groups excluding carboxylic acids is 1. The van der Waals surface area contributed by atoms with Crippen molar-refractivity contribution in [2.75, 3.05) is 34.3 Å². The predicted octanol–water partition coefficient (Wildman–Crippen LogP) is 1.50. The molecule has 1 heterocycles. The summed E-state index contributed by atoms with van der Waals surface area (Å²) in [7, 11) is 5.75. The van der Waals surface area contributed by atoms with Crippen molar-refractivity contribution in [2.45, 2.75) is 19.8 Å². The molecular formula is C14H21N3O2. The number of nitriles is 1. The van der Waals surface area contributed by atoms with E-state index in [1.807, 2.05) is 43.2 Å². The van der Waals surface area contributed by atoms with Gasteiger partial charge in [0, 0.05) is 33.9 Å². The summed E-state index contributed by atoms with van der Waals surface area (Å²) in [5.74, 6) is -0.543. The molecule has 0 aromatic carbocycles. The zero-order chi connectivity index (χ0) is 14.4. The van der Waals surface area contributed by atoms with Crippen LogP contribution < -0.4 is 0 Å². The lowest BCUT2D eigenvalue weighted by atomic mass is 9.98. The molecule has 1 aliphatic heterocycles. The molecule has 0 bridgehead atoms. The number of ether oxygens (including phenoxy) is 1. The average molecular weight is 263 g/mol. The molecule has 5 heteroatoms. The van der Waals surface area contributed by atoms with Gasteiger partial charge in [0.05, 0.1) is 12.3 Å². The van der Waals surface area contributed by atoms with Crippen molar-refractivity contribution in [3.8, 4) is 6.07 Å². The van der Waals surface area contributed by atoms with E-state index in [1.165, 1.54) is 0 Å². The highest BCUT2D eigenvalue weighted by Gasteiger charge is 2.25. The molecule has 1 saturated heterocycles. The highest BCUT2D eigenvalue weighted by molar-refractivity contribution is 5.94. The Balaban J connectivity index is 3.27. The third-order valence-electron chi connectivity index (χ3n) is 2.87. The Hall–Kier alpha value is -1.96. The fourth-order valence-corrected chi connectivity index (χ4v) is 2.17. The van der Waals surface area contributed by atoms with Crippen molar-refractivity contribution in [3.63, 3.8) is 0 Å². The summed E-state index contributed by atoms with van der Waals surface area (Å²) in [6.07, 6.45) is 3.84. The van der Waals surface area contributed by atoms with Gasteiger partial charge in [0.1, 0.15) is 6.07 Å². The summed E-state index contributed by atoms with van der Waals surface area (Å²) in [5.41, 5.74) is 1.79. The summed E-state index contributed by atoms with van der Waals surface area (Å²) in [6, 6.07) is 1.99. The Morgan fingerprint density at radius 1 is 1.58 bits per heavy atom. The number of hydrogen-bond donors (Lipinski definition) is 0. The van der Waals surface area contributed by atoms with E-state index in [9.17, 15) is 10.1 Å². The quantitative estimate of drug-likeness (QED) is 0.439. The van der Waals surface area contributed by atoms with Crippen molar-refractivity contribution in [1.29, 1.82) is 5.26 Å². The van der Waals surface area contributed by atoms with Crippen LogP contribution in [0.1, 0.15) is 19.8 Å². The van der Waals surface area contributed by atoms with E-state index in [0.29, 0.717) is 5.70 Å². The molecule has 0 aromatic rings. The number of nitrogens with zero attached hydrogens (tertiary/aromatic N) is 3. The molecular weight excluding hydrogens is 242 g/mol. The van der Waals surface area contributed by atoms with Gasteiger partial charge in [-0.1, -0.05) is 0 Å². The molecule has 5 nitrogen and oxygen atoms in total. The SMILES string of the molecule is CCOC(=O)/C(C#N)=C1/C(=C\N(C)C)CCCN1C. The van der Waals surface area contributed by atoms with Crippen molar-refractivity contribution in [2.24, 2.45) is 0 Å². The minimum absolute atomic E-state index is 0.0946. The number of likely N-dealkylation sites (tertiary alicyclic amines) is 1. The first-order chi connectivity index (χ1) is 9.01. The van der Waals surface area contributed by atoms with E-state index in [0.717, 1.165) is 25.0 Å². The molecule has 19 heavy (non-hydrogen) atoms. The normalized spacial score (nSPS) is 19.9. The minimum atomic E-state index is -0.543. The fraction of sp³-hybridized carbons (Fsp3) is 0.571. The standard InChI is InChI=1S/C14H21N3O2/c1-5-19-14(18)12(9-15)13-11(10-16(2)3)7-6-8-17(13)4/h10H,5-8H2,1-4H3/b11-10-,13-12-. The van der Waals surface area contributed by atoms with Crippen molar-refractivity contribution < 1.29 is 9.53 Å². The Bertz CT molecular complexity index is 444. The van der Waals surface area contributed by atoms with Gasteiger partial charge >= 0.3 is 5.97 Å². The number of hydrogen-bond acceptors (Lipinski definition) is 5. The lowest BCUT2D eigenvalue weighted by Crippen LogP contribution is -2.29. The van der Waals surface area contributed by atoms with Crippen LogP contribution in [-0.4, -0.2) is 50.1 Å². The van der Waals surface area contributed by atoms with Crippen LogP contribution >= 0.6 is 0 Å². The van der Waals surface area contributed by atoms with Gasteiger partial charge < -0.3 is 14.5 Å². The van der Waals surface area contributed by atoms with Crippen LogP contribution in [0.25, 0.3) is 0 Å². The lowest BCUT2D eigenvalue weighted by molar-refractivity contribution is -0.138. The summed E-state index contributed by atoms with van der Waals surface area (Å²) in [6.45, 7) is 2.84. The Kier molecular flexibility index (Phi) is 5.43. The zero-order valence-electron chi connectivity index (χ0n) is 12.1. The molecule has 0 aliphatic carbocycles. The van der Waals surface area contributed by atoms with Crippen LogP contribution in [0.5, 0.6) is 0 Å². The average Bonchev–Trinajstić information content (AvgIpc) is 2.33. The molecule has 0 spiro atoms. The van der Waals surface area contributed by atoms with Gasteiger partial charge in [0.2, 0.25) is 0 Å². The van der Waals surface area contributed by atoms with E-state index in [4.69, 9.17) is 4.74 Å². The number of rotatable bonds is 3. The summed E-state index contributed by atoms with van der Waals surface area (Å²) >= 11 is 0. The van der Waals surface area contributed by atoms with E-state index in [1.54, 1.807) is 6.92 Å². The van der Waals surface area contributed by atoms with E-state index < -0.39 is 5.97 Å². The van der Waals surface area contributed by atoms with E-state index in [-0.39, 0.29) is 12.2 Å². The second kappa shape index (κ2) is 6.83.